The Morgan fingerprint density at radius 2 is 1.95 bits per heavy atom. The van der Waals surface area contributed by atoms with E-state index in [4.69, 9.17) is 10.9 Å². The molecule has 0 aliphatic rings. The summed E-state index contributed by atoms with van der Waals surface area (Å²) in [5.41, 5.74) is 6.58. The number of carbonyl (C=O) groups is 1. The van der Waals surface area contributed by atoms with Gasteiger partial charge in [0.2, 0.25) is 0 Å². The molecule has 5 nitrogen and oxygen atoms in total. The van der Waals surface area contributed by atoms with E-state index in [2.05, 4.69) is 26.4 Å². The number of anilines is 1. The number of nitrogens with one attached hydrogen (secondary N) is 1. The first kappa shape index (κ1) is 15.0. The molecule has 0 fully saturated rings. The molecule has 4 N–H and O–H groups in total. The van der Waals surface area contributed by atoms with Crippen molar-refractivity contribution in [2.45, 2.75) is 0 Å². The largest absolute Gasteiger partial charge is 0.409 e. The Hall–Kier alpha value is -2.41. The van der Waals surface area contributed by atoms with Crippen molar-refractivity contribution in [3.63, 3.8) is 0 Å². The second-order valence-corrected chi connectivity index (χ2v) is 4.96. The van der Waals surface area contributed by atoms with E-state index in [1.54, 1.807) is 24.3 Å². The minimum Gasteiger partial charge on any atom is -0.409 e. The number of halogens is 2. The Kier molecular flexibility index (Phi) is 4.54. The average molecular weight is 352 g/mol. The van der Waals surface area contributed by atoms with E-state index < -0.39 is 11.7 Å². The van der Waals surface area contributed by atoms with Crippen LogP contribution in [0.2, 0.25) is 0 Å². The molecule has 0 aliphatic heterocycles. The van der Waals surface area contributed by atoms with Crippen molar-refractivity contribution in [2.75, 3.05) is 5.32 Å². The normalized spacial score (nSPS) is 11.2. The highest BCUT2D eigenvalue weighted by atomic mass is 79.9. The monoisotopic (exact) mass is 351 g/mol. The first-order valence-electron chi connectivity index (χ1n) is 5.86. The van der Waals surface area contributed by atoms with Crippen LogP contribution >= 0.6 is 15.9 Å². The molecule has 0 aromatic heterocycles. The first-order valence-corrected chi connectivity index (χ1v) is 6.65. The molecule has 0 radical (unpaired) electrons. The predicted molar refractivity (Wildman–Crippen MR) is 81.0 cm³/mol. The molecule has 0 atom stereocenters. The summed E-state index contributed by atoms with van der Waals surface area (Å²) in [6, 6.07) is 10.4. The second kappa shape index (κ2) is 6.36. The minimum absolute atomic E-state index is 0.121. The van der Waals surface area contributed by atoms with Crippen LogP contribution in [0.1, 0.15) is 15.9 Å². The van der Waals surface area contributed by atoms with E-state index in [0.717, 1.165) is 0 Å². The SMILES string of the molecule is N/C(=N/O)c1ccccc1NC(=O)c1ccc(F)cc1Br. The van der Waals surface area contributed by atoms with Crippen molar-refractivity contribution >= 4 is 33.4 Å². The number of amidine groups is 1. The van der Waals surface area contributed by atoms with E-state index in [9.17, 15) is 9.18 Å². The third-order valence-electron chi connectivity index (χ3n) is 2.73. The summed E-state index contributed by atoms with van der Waals surface area (Å²) in [7, 11) is 0. The van der Waals surface area contributed by atoms with Gasteiger partial charge in [-0.25, -0.2) is 4.39 Å². The van der Waals surface area contributed by atoms with Gasteiger partial charge in [0.25, 0.3) is 5.91 Å². The number of nitrogens with zero attached hydrogens (tertiary/aromatic N) is 1. The number of nitrogens with two attached hydrogens (primary N) is 1. The standard InChI is InChI=1S/C14H11BrFN3O2/c15-11-7-8(16)5-6-9(11)14(20)18-12-4-2-1-3-10(12)13(17)19-21/h1-7,21H,(H2,17,19)(H,18,20). The summed E-state index contributed by atoms with van der Waals surface area (Å²) in [5.74, 6) is -1.01. The molecule has 1 amide bonds. The number of benzene rings is 2. The summed E-state index contributed by atoms with van der Waals surface area (Å²) in [6.45, 7) is 0. The van der Waals surface area contributed by atoms with Crippen molar-refractivity contribution in [2.24, 2.45) is 10.9 Å². The maximum absolute atomic E-state index is 13.0. The molecular weight excluding hydrogens is 341 g/mol. The molecule has 21 heavy (non-hydrogen) atoms. The van der Waals surface area contributed by atoms with Gasteiger partial charge in [-0.1, -0.05) is 17.3 Å². The molecule has 2 rings (SSSR count). The van der Waals surface area contributed by atoms with Crippen LogP contribution in [0.5, 0.6) is 0 Å². The molecule has 7 heteroatoms. The Bertz CT molecular complexity index is 719. The lowest BCUT2D eigenvalue weighted by molar-refractivity contribution is 0.102. The van der Waals surface area contributed by atoms with Gasteiger partial charge in [-0.15, -0.1) is 0 Å². The Morgan fingerprint density at radius 1 is 1.24 bits per heavy atom. The van der Waals surface area contributed by atoms with Gasteiger partial charge in [-0.05, 0) is 46.3 Å². The summed E-state index contributed by atoms with van der Waals surface area (Å²) < 4.78 is 13.4. The van der Waals surface area contributed by atoms with Gasteiger partial charge in [-0.2, -0.15) is 0 Å². The van der Waals surface area contributed by atoms with Gasteiger partial charge in [0, 0.05) is 10.0 Å². The molecule has 0 saturated carbocycles. The van der Waals surface area contributed by atoms with Crippen molar-refractivity contribution in [3.8, 4) is 0 Å². The van der Waals surface area contributed by atoms with Crippen LogP contribution in [-0.2, 0) is 0 Å². The zero-order chi connectivity index (χ0) is 15.4. The highest BCUT2D eigenvalue weighted by Gasteiger charge is 2.14. The Balaban J connectivity index is 2.32. The van der Waals surface area contributed by atoms with Gasteiger partial charge in [0.15, 0.2) is 5.84 Å². The number of hydrogen-bond acceptors (Lipinski definition) is 3. The number of carbonyl (C=O) groups excluding carboxylic acids is 1. The lowest BCUT2D eigenvalue weighted by Gasteiger charge is -2.10. The van der Waals surface area contributed by atoms with Gasteiger partial charge < -0.3 is 16.3 Å². The number of rotatable bonds is 3. The van der Waals surface area contributed by atoms with E-state index in [1.165, 1.54) is 18.2 Å². The third-order valence-corrected chi connectivity index (χ3v) is 3.39. The molecular formula is C14H11BrFN3O2. The maximum Gasteiger partial charge on any atom is 0.256 e. The van der Waals surface area contributed by atoms with Gasteiger partial charge in [0.05, 0.1) is 11.3 Å². The van der Waals surface area contributed by atoms with Crippen molar-refractivity contribution < 1.29 is 14.4 Å². The molecule has 0 bridgehead atoms. The van der Waals surface area contributed by atoms with Crippen LogP contribution in [0, 0.1) is 5.82 Å². The van der Waals surface area contributed by atoms with Crippen molar-refractivity contribution in [1.29, 1.82) is 0 Å². The van der Waals surface area contributed by atoms with Crippen LogP contribution in [0.3, 0.4) is 0 Å². The quantitative estimate of drug-likeness (QED) is 0.344. The molecule has 2 aromatic rings. The second-order valence-electron chi connectivity index (χ2n) is 4.11. The summed E-state index contributed by atoms with van der Waals surface area (Å²) in [4.78, 5) is 12.2. The van der Waals surface area contributed by atoms with Crippen LogP contribution < -0.4 is 11.1 Å². The number of hydrogen-bond donors (Lipinski definition) is 3. The Morgan fingerprint density at radius 3 is 2.62 bits per heavy atom. The zero-order valence-electron chi connectivity index (χ0n) is 10.7. The first-order chi connectivity index (χ1) is 10.0. The van der Waals surface area contributed by atoms with Crippen molar-refractivity contribution in [1.82, 2.24) is 0 Å². The Labute approximate surface area is 128 Å². The van der Waals surface area contributed by atoms with Crippen LogP contribution in [0.15, 0.2) is 52.1 Å². The predicted octanol–water partition coefficient (Wildman–Crippen LogP) is 2.94. The number of amides is 1. The average Bonchev–Trinajstić information content (AvgIpc) is 2.46. The zero-order valence-corrected chi connectivity index (χ0v) is 12.3. The third kappa shape index (κ3) is 3.38. The van der Waals surface area contributed by atoms with Crippen LogP contribution in [-0.4, -0.2) is 17.0 Å². The number of oxime groups is 1. The molecule has 0 spiro atoms. The fourth-order valence-electron chi connectivity index (χ4n) is 1.73. The fraction of sp³-hybridized carbons (Fsp3) is 0. The minimum atomic E-state index is -0.449. The fourth-order valence-corrected chi connectivity index (χ4v) is 2.26. The van der Waals surface area contributed by atoms with Gasteiger partial charge in [-0.3, -0.25) is 4.79 Å². The molecule has 0 unspecified atom stereocenters. The van der Waals surface area contributed by atoms with Crippen molar-refractivity contribution in [3.05, 3.63) is 63.9 Å². The lowest BCUT2D eigenvalue weighted by Crippen LogP contribution is -2.19. The molecule has 0 saturated heterocycles. The van der Waals surface area contributed by atoms with E-state index in [-0.39, 0.29) is 11.4 Å². The van der Waals surface area contributed by atoms with Gasteiger partial charge in [0.1, 0.15) is 5.82 Å². The maximum atomic E-state index is 13.0. The molecule has 108 valence electrons. The highest BCUT2D eigenvalue weighted by molar-refractivity contribution is 9.10. The summed E-state index contributed by atoms with van der Waals surface area (Å²) in [6.07, 6.45) is 0. The van der Waals surface area contributed by atoms with Gasteiger partial charge >= 0.3 is 0 Å². The van der Waals surface area contributed by atoms with Crippen LogP contribution in [0.4, 0.5) is 10.1 Å². The molecule has 0 aliphatic carbocycles. The van der Waals surface area contributed by atoms with E-state index >= 15 is 0 Å². The summed E-state index contributed by atoms with van der Waals surface area (Å²) in [5, 5.41) is 14.3. The van der Waals surface area contributed by atoms with Crippen LogP contribution in [0.25, 0.3) is 0 Å². The highest BCUT2D eigenvalue weighted by Crippen LogP contribution is 2.21. The van der Waals surface area contributed by atoms with E-state index in [0.29, 0.717) is 15.7 Å². The lowest BCUT2D eigenvalue weighted by atomic mass is 10.1. The molecule has 0 heterocycles. The summed E-state index contributed by atoms with van der Waals surface area (Å²) >= 11 is 3.13. The number of para-hydroxylation sites is 1. The smallest absolute Gasteiger partial charge is 0.256 e. The topological polar surface area (TPSA) is 87.7 Å². The van der Waals surface area contributed by atoms with E-state index in [1.807, 2.05) is 0 Å². The molecule has 2 aromatic carbocycles.